The van der Waals surface area contributed by atoms with Gasteiger partial charge in [-0.25, -0.2) is 0 Å². The monoisotopic (exact) mass is 394 g/mol. The van der Waals surface area contributed by atoms with Crippen LogP contribution < -0.4 is 15.4 Å². The van der Waals surface area contributed by atoms with Crippen LogP contribution in [0, 0.1) is 0 Å². The maximum atomic E-state index is 12.8. The number of amides is 1. The first-order valence-electron chi connectivity index (χ1n) is 8.16. The molecule has 4 rings (SSSR count). The lowest BCUT2D eigenvalue weighted by Gasteiger charge is -2.46. The second-order valence-electron chi connectivity index (χ2n) is 6.83. The summed E-state index contributed by atoms with van der Waals surface area (Å²) in [6.07, 6.45) is 7.39. The van der Waals surface area contributed by atoms with Crippen molar-refractivity contribution in [1.82, 2.24) is 10.6 Å². The summed E-state index contributed by atoms with van der Waals surface area (Å²) >= 11 is 8.74. The minimum absolute atomic E-state index is 0.0613. The molecule has 2 heterocycles. The predicted octanol–water partition coefficient (Wildman–Crippen LogP) is 3.52. The average Bonchev–Trinajstić information content (AvgIpc) is 2.67. The Hall–Kier alpha value is -1.14. The molecule has 23 heavy (non-hydrogen) atoms. The number of benzene rings is 1. The van der Waals surface area contributed by atoms with E-state index in [0.717, 1.165) is 41.5 Å². The van der Waals surface area contributed by atoms with Crippen LogP contribution in [0.15, 0.2) is 22.7 Å². The van der Waals surface area contributed by atoms with Crippen LogP contribution in [0.4, 0.5) is 0 Å². The van der Waals surface area contributed by atoms with E-state index >= 15 is 0 Å². The molecule has 0 aromatic heterocycles. The Labute approximate surface area is 149 Å². The predicted molar refractivity (Wildman–Crippen MR) is 95.4 cm³/mol. The van der Waals surface area contributed by atoms with Crippen molar-refractivity contribution in [3.63, 3.8) is 0 Å². The van der Waals surface area contributed by atoms with Crippen molar-refractivity contribution < 1.29 is 9.53 Å². The SMILES string of the molecule is O=C1NC(=S)NC12CC1(CCCCCC1)Oc1ccc(Br)cc12. The van der Waals surface area contributed by atoms with Gasteiger partial charge in [0.15, 0.2) is 10.7 Å². The van der Waals surface area contributed by atoms with Gasteiger partial charge in [-0.2, -0.15) is 0 Å². The smallest absolute Gasteiger partial charge is 0.256 e. The normalized spacial score (nSPS) is 28.7. The van der Waals surface area contributed by atoms with E-state index in [-0.39, 0.29) is 11.5 Å². The van der Waals surface area contributed by atoms with Crippen LogP contribution in [0.25, 0.3) is 0 Å². The number of hydrogen-bond donors (Lipinski definition) is 2. The van der Waals surface area contributed by atoms with Crippen LogP contribution in [0.2, 0.25) is 0 Å². The molecule has 1 aliphatic carbocycles. The van der Waals surface area contributed by atoms with Crippen LogP contribution >= 0.6 is 28.1 Å². The molecular formula is C17H19BrN2O2S. The topological polar surface area (TPSA) is 50.4 Å². The second kappa shape index (κ2) is 5.45. The molecule has 1 amide bonds. The zero-order valence-corrected chi connectivity index (χ0v) is 15.2. The summed E-state index contributed by atoms with van der Waals surface area (Å²) in [7, 11) is 0. The molecule has 6 heteroatoms. The van der Waals surface area contributed by atoms with Gasteiger partial charge < -0.3 is 15.4 Å². The van der Waals surface area contributed by atoms with E-state index in [4.69, 9.17) is 17.0 Å². The van der Waals surface area contributed by atoms with Gasteiger partial charge in [-0.05, 0) is 56.1 Å². The molecular weight excluding hydrogens is 376 g/mol. The highest BCUT2D eigenvalue weighted by Gasteiger charge is 2.56. The minimum Gasteiger partial charge on any atom is -0.487 e. The molecule has 1 aromatic carbocycles. The molecule has 2 N–H and O–H groups in total. The Morgan fingerprint density at radius 3 is 2.57 bits per heavy atom. The van der Waals surface area contributed by atoms with Crippen LogP contribution in [0.3, 0.4) is 0 Å². The lowest BCUT2D eigenvalue weighted by molar-refractivity contribution is -0.128. The number of carbonyl (C=O) groups excluding carboxylic acids is 1. The molecule has 1 unspecified atom stereocenters. The van der Waals surface area contributed by atoms with Crippen molar-refractivity contribution in [2.45, 2.75) is 56.1 Å². The summed E-state index contributed by atoms with van der Waals surface area (Å²) in [5.41, 5.74) is -0.209. The zero-order valence-electron chi connectivity index (χ0n) is 12.8. The van der Waals surface area contributed by atoms with Crippen molar-refractivity contribution >= 4 is 39.2 Å². The fraction of sp³-hybridized carbons (Fsp3) is 0.529. The molecule has 122 valence electrons. The highest BCUT2D eigenvalue weighted by molar-refractivity contribution is 9.10. The molecule has 2 spiro atoms. The van der Waals surface area contributed by atoms with Gasteiger partial charge in [-0.3, -0.25) is 4.79 Å². The summed E-state index contributed by atoms with van der Waals surface area (Å²) in [6.45, 7) is 0. The van der Waals surface area contributed by atoms with Gasteiger partial charge in [0, 0.05) is 16.5 Å². The lowest BCUT2D eigenvalue weighted by Crippen LogP contribution is -2.55. The number of nitrogens with one attached hydrogen (secondary N) is 2. The molecule has 0 radical (unpaired) electrons. The van der Waals surface area contributed by atoms with Gasteiger partial charge in [0.1, 0.15) is 11.4 Å². The van der Waals surface area contributed by atoms with Gasteiger partial charge >= 0.3 is 0 Å². The Kier molecular flexibility index (Phi) is 3.65. The van der Waals surface area contributed by atoms with Crippen LogP contribution in [0.1, 0.15) is 50.5 Å². The summed E-state index contributed by atoms with van der Waals surface area (Å²) in [6, 6.07) is 5.90. The Bertz CT molecular complexity index is 685. The van der Waals surface area contributed by atoms with Gasteiger partial charge in [0.05, 0.1) is 0 Å². The van der Waals surface area contributed by atoms with E-state index in [0.29, 0.717) is 11.5 Å². The lowest BCUT2D eigenvalue weighted by atomic mass is 9.73. The maximum absolute atomic E-state index is 12.8. The minimum atomic E-state index is -0.807. The standard InChI is InChI=1S/C17H19BrN2O2S/c18-11-5-6-13-12(9-11)17(14(21)19-15(23)20-17)10-16(22-13)7-3-1-2-4-8-16/h5-6,9H,1-4,7-8,10H2,(H2,19,20,21,23). The van der Waals surface area contributed by atoms with Crippen LogP contribution in [-0.2, 0) is 10.3 Å². The number of ether oxygens (including phenoxy) is 1. The van der Waals surface area contributed by atoms with Gasteiger partial charge in [0.25, 0.3) is 5.91 Å². The summed E-state index contributed by atoms with van der Waals surface area (Å²) in [5, 5.41) is 6.46. The first-order chi connectivity index (χ1) is 11.0. The molecule has 1 aromatic rings. The van der Waals surface area contributed by atoms with Crippen molar-refractivity contribution in [2.24, 2.45) is 0 Å². The van der Waals surface area contributed by atoms with Gasteiger partial charge in [-0.15, -0.1) is 0 Å². The highest BCUT2D eigenvalue weighted by Crippen LogP contribution is 2.50. The number of rotatable bonds is 0. The molecule has 2 fully saturated rings. The Morgan fingerprint density at radius 2 is 1.91 bits per heavy atom. The molecule has 1 saturated carbocycles. The molecule has 4 nitrogen and oxygen atoms in total. The fourth-order valence-corrected chi connectivity index (χ4v) is 4.86. The van der Waals surface area contributed by atoms with Crippen molar-refractivity contribution in [3.05, 3.63) is 28.2 Å². The fourth-order valence-electron chi connectivity index (χ4n) is 4.23. The first kappa shape index (κ1) is 15.4. The van der Waals surface area contributed by atoms with Crippen LogP contribution in [0.5, 0.6) is 5.75 Å². The Morgan fingerprint density at radius 1 is 1.17 bits per heavy atom. The number of carbonyl (C=O) groups is 1. The van der Waals surface area contributed by atoms with Gasteiger partial charge in [-0.1, -0.05) is 28.8 Å². The summed E-state index contributed by atoms with van der Waals surface area (Å²) in [4.78, 5) is 12.8. The molecule has 1 saturated heterocycles. The average molecular weight is 395 g/mol. The van der Waals surface area contributed by atoms with Gasteiger partial charge in [0.2, 0.25) is 0 Å². The third-order valence-electron chi connectivity index (χ3n) is 5.27. The summed E-state index contributed by atoms with van der Waals surface area (Å²) in [5.74, 6) is 0.738. The van der Waals surface area contributed by atoms with Crippen molar-refractivity contribution in [1.29, 1.82) is 0 Å². The second-order valence-corrected chi connectivity index (χ2v) is 8.15. The van der Waals surface area contributed by atoms with E-state index in [1.165, 1.54) is 12.8 Å². The van der Waals surface area contributed by atoms with Crippen LogP contribution in [-0.4, -0.2) is 16.6 Å². The van der Waals surface area contributed by atoms with E-state index in [1.54, 1.807) is 0 Å². The molecule has 3 aliphatic rings. The number of halogens is 1. The van der Waals surface area contributed by atoms with E-state index in [9.17, 15) is 4.79 Å². The highest BCUT2D eigenvalue weighted by atomic mass is 79.9. The largest absolute Gasteiger partial charge is 0.487 e. The number of thiocarbonyl (C=S) groups is 1. The molecule has 0 bridgehead atoms. The van der Waals surface area contributed by atoms with E-state index < -0.39 is 5.54 Å². The first-order valence-corrected chi connectivity index (χ1v) is 9.36. The zero-order chi connectivity index (χ0) is 16.1. The quantitative estimate of drug-likeness (QED) is 0.660. The number of fused-ring (bicyclic) bond motifs is 2. The third kappa shape index (κ3) is 2.47. The third-order valence-corrected chi connectivity index (χ3v) is 5.97. The molecule has 2 aliphatic heterocycles. The Balaban J connectivity index is 1.85. The maximum Gasteiger partial charge on any atom is 0.256 e. The van der Waals surface area contributed by atoms with E-state index in [1.807, 2.05) is 18.2 Å². The number of hydrogen-bond acceptors (Lipinski definition) is 3. The van der Waals surface area contributed by atoms with Crippen molar-refractivity contribution in [3.8, 4) is 5.75 Å². The summed E-state index contributed by atoms with van der Waals surface area (Å²) < 4.78 is 7.42. The van der Waals surface area contributed by atoms with E-state index in [2.05, 4.69) is 26.6 Å². The molecule has 1 atom stereocenters. The van der Waals surface area contributed by atoms with Crippen molar-refractivity contribution in [2.75, 3.05) is 0 Å².